The van der Waals surface area contributed by atoms with Crippen molar-refractivity contribution in [2.45, 2.75) is 33.1 Å². The summed E-state index contributed by atoms with van der Waals surface area (Å²) in [6.07, 6.45) is 3.36. The van der Waals surface area contributed by atoms with Crippen LogP contribution in [0.4, 0.5) is 0 Å². The molecule has 0 unspecified atom stereocenters. The third-order valence-electron chi connectivity index (χ3n) is 2.41. The third kappa shape index (κ3) is 3.38. The topological polar surface area (TPSA) is 46.9 Å². The van der Waals surface area contributed by atoms with Gasteiger partial charge in [-0.05, 0) is 19.4 Å². The van der Waals surface area contributed by atoms with Crippen LogP contribution in [0.3, 0.4) is 0 Å². The van der Waals surface area contributed by atoms with Crippen LogP contribution in [0.15, 0.2) is 6.07 Å². The first-order chi connectivity index (χ1) is 7.15. The Bertz CT molecular complexity index is 311. The van der Waals surface area contributed by atoms with Crippen molar-refractivity contribution < 1.29 is 4.79 Å². The molecule has 4 nitrogen and oxygen atoms in total. The minimum atomic E-state index is -0.0743. The van der Waals surface area contributed by atoms with Gasteiger partial charge in [-0.15, -0.1) is 0 Å². The van der Waals surface area contributed by atoms with Gasteiger partial charge in [-0.25, -0.2) is 0 Å². The van der Waals surface area contributed by atoms with Crippen LogP contribution in [0.5, 0.6) is 0 Å². The second-order valence-corrected chi connectivity index (χ2v) is 3.76. The fourth-order valence-electron chi connectivity index (χ4n) is 1.34. The number of rotatable bonds is 5. The second-order valence-electron chi connectivity index (χ2n) is 3.76. The highest BCUT2D eigenvalue weighted by Crippen LogP contribution is 2.01. The van der Waals surface area contributed by atoms with Crippen LogP contribution in [0.1, 0.15) is 42.4 Å². The van der Waals surface area contributed by atoms with Gasteiger partial charge in [0.1, 0.15) is 5.69 Å². The molecule has 0 aliphatic heterocycles. The predicted molar refractivity (Wildman–Crippen MR) is 59.8 cm³/mol. The van der Waals surface area contributed by atoms with Crippen molar-refractivity contribution in [3.63, 3.8) is 0 Å². The van der Waals surface area contributed by atoms with E-state index in [4.69, 9.17) is 0 Å². The van der Waals surface area contributed by atoms with E-state index in [0.717, 1.165) is 25.1 Å². The molecule has 0 aromatic carbocycles. The van der Waals surface area contributed by atoms with Gasteiger partial charge >= 0.3 is 0 Å². The molecule has 0 aliphatic rings. The number of carbonyl (C=O) groups is 1. The summed E-state index contributed by atoms with van der Waals surface area (Å²) in [5.74, 6) is -0.0743. The van der Waals surface area contributed by atoms with Gasteiger partial charge < -0.3 is 5.32 Å². The number of nitrogens with one attached hydrogen (secondary N) is 1. The van der Waals surface area contributed by atoms with Crippen LogP contribution < -0.4 is 5.32 Å². The molecule has 84 valence electrons. The number of carbonyl (C=O) groups excluding carboxylic acids is 1. The Morgan fingerprint density at radius 2 is 2.27 bits per heavy atom. The average molecular weight is 209 g/mol. The lowest BCUT2D eigenvalue weighted by atomic mass is 10.2. The maximum Gasteiger partial charge on any atom is 0.271 e. The zero-order chi connectivity index (χ0) is 11.3. The summed E-state index contributed by atoms with van der Waals surface area (Å²) in [6.45, 7) is 4.81. The Morgan fingerprint density at radius 1 is 1.53 bits per heavy atom. The zero-order valence-electron chi connectivity index (χ0n) is 9.71. The highest BCUT2D eigenvalue weighted by atomic mass is 16.1. The van der Waals surface area contributed by atoms with Crippen molar-refractivity contribution in [2.24, 2.45) is 7.05 Å². The molecule has 1 N–H and O–H groups in total. The molecule has 1 aromatic heterocycles. The summed E-state index contributed by atoms with van der Waals surface area (Å²) in [5.41, 5.74) is 1.50. The lowest BCUT2D eigenvalue weighted by Gasteiger charge is -2.01. The van der Waals surface area contributed by atoms with Crippen molar-refractivity contribution in [3.8, 4) is 0 Å². The molecule has 0 radical (unpaired) electrons. The van der Waals surface area contributed by atoms with Gasteiger partial charge in [0, 0.05) is 19.3 Å². The molecule has 1 rings (SSSR count). The van der Waals surface area contributed by atoms with Gasteiger partial charge in [0.25, 0.3) is 5.91 Å². The van der Waals surface area contributed by atoms with Crippen LogP contribution in [0, 0.1) is 6.92 Å². The second kappa shape index (κ2) is 5.53. The van der Waals surface area contributed by atoms with Crippen LogP contribution in [-0.4, -0.2) is 22.2 Å². The number of aryl methyl sites for hydroxylation is 2. The lowest BCUT2D eigenvalue weighted by molar-refractivity contribution is 0.0947. The fraction of sp³-hybridized carbons (Fsp3) is 0.636. The van der Waals surface area contributed by atoms with Gasteiger partial charge in [-0.2, -0.15) is 5.10 Å². The summed E-state index contributed by atoms with van der Waals surface area (Å²) in [6, 6.07) is 1.80. The molecule has 0 saturated heterocycles. The quantitative estimate of drug-likeness (QED) is 0.749. The molecule has 15 heavy (non-hydrogen) atoms. The maximum atomic E-state index is 11.6. The maximum absolute atomic E-state index is 11.6. The number of hydrogen-bond acceptors (Lipinski definition) is 2. The molecule has 1 amide bonds. The van der Waals surface area contributed by atoms with Crippen LogP contribution in [-0.2, 0) is 7.05 Å². The van der Waals surface area contributed by atoms with Crippen molar-refractivity contribution in [3.05, 3.63) is 17.5 Å². The number of aromatic nitrogens is 2. The summed E-state index contributed by atoms with van der Waals surface area (Å²) in [7, 11) is 1.84. The summed E-state index contributed by atoms with van der Waals surface area (Å²) < 4.78 is 1.71. The number of hydrogen-bond donors (Lipinski definition) is 1. The van der Waals surface area contributed by atoms with E-state index < -0.39 is 0 Å². The van der Waals surface area contributed by atoms with Gasteiger partial charge in [0.15, 0.2) is 0 Å². The first-order valence-electron chi connectivity index (χ1n) is 5.44. The minimum absolute atomic E-state index is 0.0743. The SMILES string of the molecule is CCCCCNC(=O)c1cc(C)n(C)n1. The van der Waals surface area contributed by atoms with E-state index in [2.05, 4.69) is 17.3 Å². The van der Waals surface area contributed by atoms with E-state index >= 15 is 0 Å². The highest BCUT2D eigenvalue weighted by Gasteiger charge is 2.09. The largest absolute Gasteiger partial charge is 0.351 e. The van der Waals surface area contributed by atoms with Crippen molar-refractivity contribution in [1.82, 2.24) is 15.1 Å². The van der Waals surface area contributed by atoms with Gasteiger partial charge in [-0.1, -0.05) is 19.8 Å². The molecule has 0 bridgehead atoms. The van der Waals surface area contributed by atoms with E-state index in [1.54, 1.807) is 10.7 Å². The molecule has 0 saturated carbocycles. The van der Waals surface area contributed by atoms with Gasteiger partial charge in [0.05, 0.1) is 0 Å². The predicted octanol–water partition coefficient (Wildman–Crippen LogP) is 1.65. The monoisotopic (exact) mass is 209 g/mol. The van der Waals surface area contributed by atoms with E-state index in [-0.39, 0.29) is 5.91 Å². The van der Waals surface area contributed by atoms with Crippen LogP contribution in [0.25, 0.3) is 0 Å². The summed E-state index contributed by atoms with van der Waals surface area (Å²) in [4.78, 5) is 11.6. The fourth-order valence-corrected chi connectivity index (χ4v) is 1.34. The average Bonchev–Trinajstić information content (AvgIpc) is 2.54. The zero-order valence-corrected chi connectivity index (χ0v) is 9.71. The van der Waals surface area contributed by atoms with Crippen LogP contribution in [0.2, 0.25) is 0 Å². The first-order valence-corrected chi connectivity index (χ1v) is 5.44. The van der Waals surface area contributed by atoms with Crippen molar-refractivity contribution in [1.29, 1.82) is 0 Å². The first kappa shape index (κ1) is 11.8. The van der Waals surface area contributed by atoms with Gasteiger partial charge in [0.2, 0.25) is 0 Å². The minimum Gasteiger partial charge on any atom is -0.351 e. The van der Waals surface area contributed by atoms with Crippen molar-refractivity contribution >= 4 is 5.91 Å². The Kier molecular flexibility index (Phi) is 4.34. The normalized spacial score (nSPS) is 10.3. The van der Waals surface area contributed by atoms with E-state index in [9.17, 15) is 4.79 Å². The Labute approximate surface area is 90.7 Å². The van der Waals surface area contributed by atoms with E-state index in [1.165, 1.54) is 6.42 Å². The highest BCUT2D eigenvalue weighted by molar-refractivity contribution is 5.92. The van der Waals surface area contributed by atoms with Crippen molar-refractivity contribution in [2.75, 3.05) is 6.54 Å². The van der Waals surface area contributed by atoms with Crippen LogP contribution >= 0.6 is 0 Å². The Morgan fingerprint density at radius 3 is 2.80 bits per heavy atom. The Balaban J connectivity index is 2.40. The molecule has 0 spiro atoms. The molecular weight excluding hydrogens is 190 g/mol. The molecule has 1 aromatic rings. The molecule has 1 heterocycles. The smallest absolute Gasteiger partial charge is 0.271 e. The number of amides is 1. The molecule has 0 aliphatic carbocycles. The number of unbranched alkanes of at least 4 members (excludes halogenated alkanes) is 2. The Hall–Kier alpha value is -1.32. The molecule has 0 atom stereocenters. The molecule has 4 heteroatoms. The van der Waals surface area contributed by atoms with E-state index in [1.807, 2.05) is 14.0 Å². The van der Waals surface area contributed by atoms with E-state index in [0.29, 0.717) is 5.69 Å². The molecule has 0 fully saturated rings. The lowest BCUT2D eigenvalue weighted by Crippen LogP contribution is -2.24. The van der Waals surface area contributed by atoms with Gasteiger partial charge in [-0.3, -0.25) is 9.48 Å². The summed E-state index contributed by atoms with van der Waals surface area (Å²) in [5, 5.41) is 6.97. The summed E-state index contributed by atoms with van der Waals surface area (Å²) >= 11 is 0. The third-order valence-corrected chi connectivity index (χ3v) is 2.41. The number of nitrogens with zero attached hydrogens (tertiary/aromatic N) is 2. The molecular formula is C11H19N3O. The standard InChI is InChI=1S/C11H19N3O/c1-4-5-6-7-12-11(15)10-8-9(2)14(3)13-10/h8H,4-7H2,1-3H3,(H,12,15).